The average molecular weight is 588 g/mol. The Kier molecular flexibility index (Phi) is 5.25. The van der Waals surface area contributed by atoms with E-state index in [9.17, 15) is 0 Å². The fraction of sp³-hybridized carbons (Fsp3) is 0. The van der Waals surface area contributed by atoms with Crippen LogP contribution in [0, 0.1) is 0 Å². The number of para-hydroxylation sites is 3. The molecule has 6 aromatic carbocycles. The van der Waals surface area contributed by atoms with E-state index in [1.807, 2.05) is 36.8 Å². The molecule has 0 N–H and O–H groups in total. The number of rotatable bonds is 3. The number of hydrogen-bond acceptors (Lipinski definition) is 3. The molecule has 10 aromatic rings. The first-order valence-electron chi connectivity index (χ1n) is 15.5. The Labute approximate surface area is 263 Å². The third-order valence-electron chi connectivity index (χ3n) is 9.29. The van der Waals surface area contributed by atoms with Crippen LogP contribution in [0.15, 0.2) is 156 Å². The highest BCUT2D eigenvalue weighted by molar-refractivity contribution is 6.31. The van der Waals surface area contributed by atoms with Crippen molar-refractivity contribution in [1.29, 1.82) is 0 Å². The number of benzene rings is 6. The lowest BCUT2D eigenvalue weighted by atomic mass is 9.96. The molecule has 46 heavy (non-hydrogen) atoms. The first kappa shape index (κ1) is 25.1. The largest absolute Gasteiger partial charge is 0.455 e. The van der Waals surface area contributed by atoms with Crippen LogP contribution in [0.3, 0.4) is 0 Å². The van der Waals surface area contributed by atoms with Gasteiger partial charge in [-0.15, -0.1) is 0 Å². The SMILES string of the molecule is c1ccc2c(c1)oc1c(-c3cc(-c4ccncc4)cc(-n4c5ccccc5c5c6ccccc6c6ncccc6c54)c3)cccc12. The van der Waals surface area contributed by atoms with Crippen LogP contribution in [0.25, 0.3) is 93.4 Å². The lowest BCUT2D eigenvalue weighted by Crippen LogP contribution is -1.97. The van der Waals surface area contributed by atoms with Gasteiger partial charge < -0.3 is 8.98 Å². The van der Waals surface area contributed by atoms with Crippen LogP contribution in [0.4, 0.5) is 0 Å². The van der Waals surface area contributed by atoms with Gasteiger partial charge >= 0.3 is 0 Å². The third-order valence-corrected chi connectivity index (χ3v) is 9.29. The number of aromatic nitrogens is 3. The summed E-state index contributed by atoms with van der Waals surface area (Å²) in [6.07, 6.45) is 5.60. The maximum atomic E-state index is 6.54. The Balaban J connectivity index is 1.37. The van der Waals surface area contributed by atoms with Gasteiger partial charge in [0.1, 0.15) is 11.2 Å². The number of hydrogen-bond donors (Lipinski definition) is 0. The van der Waals surface area contributed by atoms with Crippen molar-refractivity contribution in [3.8, 4) is 27.9 Å². The van der Waals surface area contributed by atoms with Crippen LogP contribution >= 0.6 is 0 Å². The van der Waals surface area contributed by atoms with Crippen molar-refractivity contribution in [2.45, 2.75) is 0 Å². The van der Waals surface area contributed by atoms with Crippen molar-refractivity contribution in [2.24, 2.45) is 0 Å². The van der Waals surface area contributed by atoms with E-state index in [2.05, 4.69) is 125 Å². The molecule has 214 valence electrons. The summed E-state index contributed by atoms with van der Waals surface area (Å²) in [5.74, 6) is 0. The van der Waals surface area contributed by atoms with Gasteiger partial charge in [0.15, 0.2) is 0 Å². The molecule has 0 aliphatic heterocycles. The van der Waals surface area contributed by atoms with Crippen LogP contribution < -0.4 is 0 Å². The van der Waals surface area contributed by atoms with Crippen LogP contribution in [0.1, 0.15) is 0 Å². The van der Waals surface area contributed by atoms with Crippen LogP contribution in [0.2, 0.25) is 0 Å². The minimum atomic E-state index is 0.892. The summed E-state index contributed by atoms with van der Waals surface area (Å²) in [7, 11) is 0. The Morgan fingerprint density at radius 2 is 1.22 bits per heavy atom. The van der Waals surface area contributed by atoms with Crippen LogP contribution in [-0.2, 0) is 0 Å². The van der Waals surface area contributed by atoms with Gasteiger partial charge in [-0.1, -0.05) is 78.9 Å². The topological polar surface area (TPSA) is 43.9 Å². The molecule has 0 fully saturated rings. The van der Waals surface area contributed by atoms with Gasteiger partial charge in [0.25, 0.3) is 0 Å². The van der Waals surface area contributed by atoms with E-state index in [0.717, 1.165) is 77.2 Å². The Morgan fingerprint density at radius 1 is 0.500 bits per heavy atom. The van der Waals surface area contributed by atoms with E-state index in [1.165, 1.54) is 16.2 Å². The van der Waals surface area contributed by atoms with Gasteiger partial charge in [0.2, 0.25) is 0 Å². The van der Waals surface area contributed by atoms with Crippen molar-refractivity contribution < 1.29 is 4.42 Å². The quantitative estimate of drug-likeness (QED) is 0.193. The van der Waals surface area contributed by atoms with Gasteiger partial charge in [-0.3, -0.25) is 9.97 Å². The van der Waals surface area contributed by atoms with Crippen molar-refractivity contribution >= 4 is 65.4 Å². The van der Waals surface area contributed by atoms with Crippen LogP contribution in [0.5, 0.6) is 0 Å². The first-order chi connectivity index (χ1) is 22.8. The van der Waals surface area contributed by atoms with E-state index in [1.54, 1.807) is 0 Å². The molecule has 10 rings (SSSR count). The summed E-state index contributed by atoms with van der Waals surface area (Å²) < 4.78 is 8.96. The molecule has 4 heterocycles. The summed E-state index contributed by atoms with van der Waals surface area (Å²) in [4.78, 5) is 9.22. The van der Waals surface area contributed by atoms with Gasteiger partial charge in [0.05, 0.1) is 16.6 Å². The normalized spacial score (nSPS) is 11.9. The van der Waals surface area contributed by atoms with Gasteiger partial charge in [-0.2, -0.15) is 0 Å². The second kappa shape index (κ2) is 9.62. The summed E-state index contributed by atoms with van der Waals surface area (Å²) in [5.41, 5.74) is 10.5. The second-order valence-corrected chi connectivity index (χ2v) is 11.8. The van der Waals surface area contributed by atoms with E-state index in [4.69, 9.17) is 9.40 Å². The van der Waals surface area contributed by atoms with Gasteiger partial charge in [0, 0.05) is 62.2 Å². The lowest BCUT2D eigenvalue weighted by molar-refractivity contribution is 0.670. The van der Waals surface area contributed by atoms with Gasteiger partial charge in [-0.05, 0) is 76.7 Å². The highest BCUT2D eigenvalue weighted by atomic mass is 16.3. The Morgan fingerprint density at radius 3 is 2.11 bits per heavy atom. The summed E-state index contributed by atoms with van der Waals surface area (Å²) in [6.45, 7) is 0. The molecule has 0 atom stereocenters. The molecule has 4 nitrogen and oxygen atoms in total. The molecular weight excluding hydrogens is 562 g/mol. The molecule has 0 unspecified atom stereocenters. The van der Waals surface area contributed by atoms with Gasteiger partial charge in [-0.25, -0.2) is 0 Å². The Bertz CT molecular complexity index is 2810. The maximum absolute atomic E-state index is 6.54. The lowest BCUT2D eigenvalue weighted by Gasteiger charge is -2.15. The van der Waals surface area contributed by atoms with Crippen molar-refractivity contribution in [1.82, 2.24) is 14.5 Å². The molecular formula is C42H25N3O. The summed E-state index contributed by atoms with van der Waals surface area (Å²) in [5, 5.41) is 8.19. The molecule has 0 saturated heterocycles. The number of furan rings is 1. The average Bonchev–Trinajstić information content (AvgIpc) is 3.69. The van der Waals surface area contributed by atoms with Crippen molar-refractivity contribution in [3.63, 3.8) is 0 Å². The van der Waals surface area contributed by atoms with E-state index >= 15 is 0 Å². The molecule has 0 saturated carbocycles. The highest BCUT2D eigenvalue weighted by Gasteiger charge is 2.21. The number of pyridine rings is 2. The van der Waals surface area contributed by atoms with E-state index in [-0.39, 0.29) is 0 Å². The fourth-order valence-corrected chi connectivity index (χ4v) is 7.34. The zero-order valence-electron chi connectivity index (χ0n) is 24.7. The highest BCUT2D eigenvalue weighted by Crippen LogP contribution is 2.43. The third kappa shape index (κ3) is 3.55. The predicted octanol–water partition coefficient (Wildman–Crippen LogP) is 11.1. The number of nitrogens with zero attached hydrogens (tertiary/aromatic N) is 3. The van der Waals surface area contributed by atoms with E-state index in [0.29, 0.717) is 0 Å². The zero-order valence-corrected chi connectivity index (χ0v) is 24.7. The number of fused-ring (bicyclic) bond motifs is 11. The standard InChI is InChI=1S/C42H25N3O/c1-2-11-33-32(10-1)39-35-12-3-5-16-37(35)45(41(39)36-15-8-20-44-40(33)36)29-24-27(26-18-21-43-22-19-26)23-28(25-29)30-13-7-14-34-31-9-4-6-17-38(31)46-42(30)34/h1-25H. The molecule has 0 radical (unpaired) electrons. The molecule has 0 amide bonds. The van der Waals surface area contributed by atoms with Crippen molar-refractivity contribution in [3.05, 3.63) is 152 Å². The Hall–Kier alpha value is -6.26. The molecule has 4 heteroatoms. The van der Waals surface area contributed by atoms with Crippen LogP contribution in [-0.4, -0.2) is 14.5 Å². The summed E-state index contributed by atoms with van der Waals surface area (Å²) in [6, 6.07) is 47.3. The maximum Gasteiger partial charge on any atom is 0.143 e. The molecule has 0 spiro atoms. The molecule has 0 aliphatic rings. The second-order valence-electron chi connectivity index (χ2n) is 11.8. The monoisotopic (exact) mass is 587 g/mol. The zero-order chi connectivity index (χ0) is 30.2. The fourth-order valence-electron chi connectivity index (χ4n) is 7.34. The minimum absolute atomic E-state index is 0.892. The first-order valence-corrected chi connectivity index (χ1v) is 15.5. The molecule has 0 aliphatic carbocycles. The minimum Gasteiger partial charge on any atom is -0.455 e. The predicted molar refractivity (Wildman–Crippen MR) is 190 cm³/mol. The van der Waals surface area contributed by atoms with Crippen molar-refractivity contribution in [2.75, 3.05) is 0 Å². The van der Waals surface area contributed by atoms with E-state index < -0.39 is 0 Å². The smallest absolute Gasteiger partial charge is 0.143 e. The summed E-state index contributed by atoms with van der Waals surface area (Å²) >= 11 is 0. The molecule has 0 bridgehead atoms. The molecule has 4 aromatic heterocycles.